The van der Waals surface area contributed by atoms with Crippen molar-refractivity contribution >= 4 is 40.0 Å². The Morgan fingerprint density at radius 1 is 1.31 bits per heavy atom. The second-order valence-electron chi connectivity index (χ2n) is 4.56. The second-order valence-corrected chi connectivity index (χ2v) is 6.33. The number of aromatic nitrogens is 2. The minimum atomic E-state index is 0.355. The summed E-state index contributed by atoms with van der Waals surface area (Å²) in [7, 11) is 0. The molecule has 0 N–H and O–H groups in total. The Morgan fingerprint density at radius 3 is 2.62 bits per heavy atom. The van der Waals surface area contributed by atoms with Gasteiger partial charge in [0, 0.05) is 23.7 Å². The lowest BCUT2D eigenvalue weighted by molar-refractivity contribution is 0.469. The van der Waals surface area contributed by atoms with Crippen molar-refractivity contribution in [3.05, 3.63) is 16.1 Å². The zero-order chi connectivity index (χ0) is 11.1. The summed E-state index contributed by atoms with van der Waals surface area (Å²) >= 11 is 8.59. The van der Waals surface area contributed by atoms with Crippen LogP contribution in [-0.2, 0) is 0 Å². The Balaban J connectivity index is 1.94. The lowest BCUT2D eigenvalue weighted by Crippen LogP contribution is -2.44. The van der Waals surface area contributed by atoms with Crippen LogP contribution >= 0.6 is 34.2 Å². The molecule has 2 bridgehead atoms. The van der Waals surface area contributed by atoms with Gasteiger partial charge < -0.3 is 4.90 Å². The Bertz CT molecular complexity index is 387. The van der Waals surface area contributed by atoms with E-state index in [-0.39, 0.29) is 0 Å². The van der Waals surface area contributed by atoms with Gasteiger partial charge in [0.2, 0.25) is 0 Å². The summed E-state index contributed by atoms with van der Waals surface area (Å²) in [6.07, 6.45) is 8.23. The fraction of sp³-hybridized carbons (Fsp3) is 0.636. The van der Waals surface area contributed by atoms with Crippen LogP contribution in [0, 0.1) is 3.57 Å². The molecule has 16 heavy (non-hydrogen) atoms. The maximum atomic E-state index is 6.28. The summed E-state index contributed by atoms with van der Waals surface area (Å²) in [6, 6.07) is 1.18. The van der Waals surface area contributed by atoms with Gasteiger partial charge in [0.15, 0.2) is 0 Å². The summed E-state index contributed by atoms with van der Waals surface area (Å²) in [6.45, 7) is 0. The molecule has 2 saturated heterocycles. The van der Waals surface area contributed by atoms with E-state index in [1.54, 1.807) is 6.33 Å². The highest BCUT2D eigenvalue weighted by molar-refractivity contribution is 14.1. The molecule has 3 rings (SSSR count). The fourth-order valence-corrected chi connectivity index (χ4v) is 3.94. The molecule has 86 valence electrons. The zero-order valence-electron chi connectivity index (χ0n) is 8.81. The molecule has 1 aromatic heterocycles. The van der Waals surface area contributed by atoms with E-state index in [4.69, 9.17) is 11.6 Å². The Hall–Kier alpha value is -0.100. The van der Waals surface area contributed by atoms with E-state index in [0.29, 0.717) is 17.5 Å². The molecule has 0 saturated carbocycles. The molecule has 0 radical (unpaired) electrons. The molecule has 3 nitrogen and oxygen atoms in total. The first-order valence-electron chi connectivity index (χ1n) is 5.63. The number of halogens is 2. The van der Waals surface area contributed by atoms with Crippen molar-refractivity contribution < 1.29 is 0 Å². The third-order valence-electron chi connectivity index (χ3n) is 3.57. The van der Waals surface area contributed by atoms with Gasteiger partial charge in [-0.05, 0) is 48.3 Å². The maximum absolute atomic E-state index is 6.28. The molecule has 0 aromatic carbocycles. The van der Waals surface area contributed by atoms with E-state index in [2.05, 4.69) is 37.5 Å². The van der Waals surface area contributed by atoms with Crippen molar-refractivity contribution in [3.63, 3.8) is 0 Å². The van der Waals surface area contributed by atoms with E-state index >= 15 is 0 Å². The minimum absolute atomic E-state index is 0.355. The van der Waals surface area contributed by atoms with Crippen molar-refractivity contribution in [2.75, 3.05) is 4.90 Å². The number of rotatable bonds is 1. The van der Waals surface area contributed by atoms with Gasteiger partial charge in [-0.25, -0.2) is 9.97 Å². The molecule has 0 amide bonds. The molecule has 3 heterocycles. The van der Waals surface area contributed by atoms with Crippen LogP contribution in [0.5, 0.6) is 0 Å². The first-order valence-corrected chi connectivity index (χ1v) is 7.15. The zero-order valence-corrected chi connectivity index (χ0v) is 11.7. The molecule has 0 spiro atoms. The molecule has 0 aliphatic carbocycles. The van der Waals surface area contributed by atoms with Crippen LogP contribution in [0.3, 0.4) is 0 Å². The van der Waals surface area contributed by atoms with Crippen molar-refractivity contribution in [1.82, 2.24) is 9.97 Å². The van der Waals surface area contributed by atoms with Gasteiger partial charge >= 0.3 is 0 Å². The largest absolute Gasteiger partial charge is 0.350 e. The summed E-state index contributed by atoms with van der Waals surface area (Å²) in [5, 5.41) is 0.355. The molecular weight excluding hydrogens is 336 g/mol. The van der Waals surface area contributed by atoms with Gasteiger partial charge in [0.1, 0.15) is 12.1 Å². The fourth-order valence-electron chi connectivity index (χ4n) is 2.95. The Morgan fingerprint density at radius 2 is 2.00 bits per heavy atom. The van der Waals surface area contributed by atoms with E-state index in [9.17, 15) is 0 Å². The average molecular weight is 350 g/mol. The van der Waals surface area contributed by atoms with E-state index in [1.165, 1.54) is 12.8 Å². The van der Waals surface area contributed by atoms with Gasteiger partial charge in [-0.15, -0.1) is 11.6 Å². The van der Waals surface area contributed by atoms with Gasteiger partial charge in [-0.1, -0.05) is 0 Å². The van der Waals surface area contributed by atoms with Crippen LogP contribution in [0.1, 0.15) is 25.7 Å². The molecular formula is C11H13ClIN3. The number of hydrogen-bond donors (Lipinski definition) is 0. The summed E-state index contributed by atoms with van der Waals surface area (Å²) < 4.78 is 1.14. The Labute approximate surface area is 114 Å². The smallest absolute Gasteiger partial charge is 0.145 e. The normalized spacial score (nSPS) is 33.1. The highest BCUT2D eigenvalue weighted by Gasteiger charge is 2.41. The van der Waals surface area contributed by atoms with Crippen LogP contribution in [0.15, 0.2) is 12.5 Å². The molecule has 5 heteroatoms. The predicted molar refractivity (Wildman–Crippen MR) is 72.9 cm³/mol. The standard InChI is InChI=1S/C11H13ClIN3/c12-7-3-8-1-2-9(4-7)16(8)11-10(13)5-14-6-15-11/h5-9H,1-4H2. The Kier molecular flexibility index (Phi) is 2.96. The monoisotopic (exact) mass is 349 g/mol. The highest BCUT2D eigenvalue weighted by atomic mass is 127. The van der Waals surface area contributed by atoms with Crippen molar-refractivity contribution in [2.45, 2.75) is 43.1 Å². The second kappa shape index (κ2) is 4.29. The molecule has 2 aliphatic rings. The summed E-state index contributed by atoms with van der Waals surface area (Å²) in [5.41, 5.74) is 0. The molecule has 2 fully saturated rings. The van der Waals surface area contributed by atoms with Crippen molar-refractivity contribution in [2.24, 2.45) is 0 Å². The molecule has 2 atom stereocenters. The molecule has 2 aliphatic heterocycles. The third-order valence-corrected chi connectivity index (χ3v) is 4.69. The third kappa shape index (κ3) is 1.79. The maximum Gasteiger partial charge on any atom is 0.145 e. The number of nitrogens with zero attached hydrogens (tertiary/aromatic N) is 3. The van der Waals surface area contributed by atoms with Crippen molar-refractivity contribution in [3.8, 4) is 0 Å². The van der Waals surface area contributed by atoms with Crippen LogP contribution < -0.4 is 4.90 Å². The number of hydrogen-bond acceptors (Lipinski definition) is 3. The number of piperidine rings is 1. The lowest BCUT2D eigenvalue weighted by Gasteiger charge is -2.38. The van der Waals surface area contributed by atoms with E-state index in [0.717, 1.165) is 22.2 Å². The number of anilines is 1. The van der Waals surface area contributed by atoms with E-state index < -0.39 is 0 Å². The van der Waals surface area contributed by atoms with E-state index in [1.807, 2.05) is 6.20 Å². The topological polar surface area (TPSA) is 29.0 Å². The average Bonchev–Trinajstić information content (AvgIpc) is 2.53. The summed E-state index contributed by atoms with van der Waals surface area (Å²) in [5.74, 6) is 1.10. The van der Waals surface area contributed by atoms with Gasteiger partial charge in [-0.3, -0.25) is 0 Å². The quantitative estimate of drug-likeness (QED) is 0.577. The molecule has 1 aromatic rings. The first kappa shape index (κ1) is 11.0. The predicted octanol–water partition coefficient (Wildman–Crippen LogP) is 2.82. The lowest BCUT2D eigenvalue weighted by atomic mass is 10.0. The van der Waals surface area contributed by atoms with Gasteiger partial charge in [-0.2, -0.15) is 0 Å². The van der Waals surface area contributed by atoms with Crippen molar-refractivity contribution in [1.29, 1.82) is 0 Å². The van der Waals surface area contributed by atoms with Gasteiger partial charge in [0.05, 0.1) is 3.57 Å². The summed E-state index contributed by atoms with van der Waals surface area (Å²) in [4.78, 5) is 11.0. The minimum Gasteiger partial charge on any atom is -0.350 e. The van der Waals surface area contributed by atoms with Crippen LogP contribution in [0.25, 0.3) is 0 Å². The number of fused-ring (bicyclic) bond motifs is 2. The number of alkyl halides is 1. The highest BCUT2D eigenvalue weighted by Crippen LogP contribution is 2.41. The van der Waals surface area contributed by atoms with Crippen LogP contribution in [-0.4, -0.2) is 27.4 Å². The molecule has 2 unspecified atom stereocenters. The van der Waals surface area contributed by atoms with Crippen LogP contribution in [0.4, 0.5) is 5.82 Å². The SMILES string of the molecule is ClC1CC2CCC(C1)N2c1ncncc1I. The van der Waals surface area contributed by atoms with Gasteiger partial charge in [0.25, 0.3) is 0 Å². The van der Waals surface area contributed by atoms with Crippen LogP contribution in [0.2, 0.25) is 0 Å². The first-order chi connectivity index (χ1) is 7.75.